The minimum Gasteiger partial charge on any atom is -0.363 e. The van der Waals surface area contributed by atoms with Gasteiger partial charge < -0.3 is 10.6 Å². The summed E-state index contributed by atoms with van der Waals surface area (Å²) in [4.78, 5) is 12.7. The van der Waals surface area contributed by atoms with E-state index in [-0.39, 0.29) is 23.0 Å². The van der Waals surface area contributed by atoms with Crippen LogP contribution in [0.25, 0.3) is 0 Å². The molecule has 32 heavy (non-hydrogen) atoms. The van der Waals surface area contributed by atoms with Gasteiger partial charge in [-0.1, -0.05) is 35.3 Å². The number of carbonyl (C=O) groups is 1. The summed E-state index contributed by atoms with van der Waals surface area (Å²) in [6.45, 7) is 3.85. The monoisotopic (exact) mass is 482 g/mol. The molecule has 1 aromatic heterocycles. The smallest absolute Gasteiger partial charge is 0.363 e. The van der Waals surface area contributed by atoms with E-state index in [2.05, 4.69) is 15.7 Å². The number of hydrogen-bond acceptors (Lipinski definition) is 3. The molecule has 0 saturated carbocycles. The van der Waals surface area contributed by atoms with Crippen molar-refractivity contribution < 1.29 is 18.0 Å². The summed E-state index contributed by atoms with van der Waals surface area (Å²) in [6.07, 6.45) is -4.87. The molecular weight excluding hydrogens is 464 g/mol. The maximum Gasteiger partial charge on any atom is 0.410 e. The second-order valence-corrected chi connectivity index (χ2v) is 8.59. The summed E-state index contributed by atoms with van der Waals surface area (Å²) in [5, 5.41) is 10.3. The number of alkyl halides is 3. The van der Waals surface area contributed by atoms with Gasteiger partial charge in [-0.3, -0.25) is 4.79 Å². The summed E-state index contributed by atoms with van der Waals surface area (Å²) in [5.74, 6) is -0.496. The van der Waals surface area contributed by atoms with Gasteiger partial charge in [0.1, 0.15) is 5.82 Å². The van der Waals surface area contributed by atoms with Crippen LogP contribution in [0.5, 0.6) is 0 Å². The molecule has 2 atom stereocenters. The number of nitrogens with one attached hydrogen (secondary N) is 2. The average molecular weight is 483 g/mol. The zero-order valence-electron chi connectivity index (χ0n) is 17.1. The third kappa shape index (κ3) is 4.42. The molecular formula is C22H19Cl2F3N4O. The van der Waals surface area contributed by atoms with E-state index >= 15 is 0 Å². The van der Waals surface area contributed by atoms with E-state index in [1.54, 1.807) is 18.2 Å². The maximum atomic E-state index is 13.9. The van der Waals surface area contributed by atoms with Gasteiger partial charge in [0.05, 0.1) is 16.1 Å². The Balaban J connectivity index is 1.64. The molecule has 4 rings (SSSR count). The van der Waals surface area contributed by atoms with Crippen LogP contribution in [0.3, 0.4) is 0 Å². The van der Waals surface area contributed by atoms with Crippen LogP contribution in [0.4, 0.5) is 24.7 Å². The fourth-order valence-corrected chi connectivity index (χ4v) is 3.95. The maximum absolute atomic E-state index is 13.9. The number of aryl methyl sites for hydroxylation is 2. The van der Waals surface area contributed by atoms with E-state index in [4.69, 9.17) is 23.2 Å². The van der Waals surface area contributed by atoms with Gasteiger partial charge in [0.2, 0.25) is 0 Å². The van der Waals surface area contributed by atoms with E-state index in [9.17, 15) is 18.0 Å². The Morgan fingerprint density at radius 1 is 1.09 bits per heavy atom. The Morgan fingerprint density at radius 2 is 1.84 bits per heavy atom. The Hall–Kier alpha value is -2.71. The molecule has 2 aromatic carbocycles. The average Bonchev–Trinajstić information content (AvgIpc) is 3.15. The van der Waals surface area contributed by atoms with E-state index in [1.807, 2.05) is 19.9 Å². The van der Waals surface area contributed by atoms with E-state index in [1.165, 1.54) is 18.2 Å². The third-order valence-electron chi connectivity index (χ3n) is 5.53. The van der Waals surface area contributed by atoms with Crippen LogP contribution in [-0.4, -0.2) is 21.9 Å². The molecule has 2 N–H and O–H groups in total. The second-order valence-electron chi connectivity index (χ2n) is 7.78. The fraction of sp³-hybridized carbons (Fsp3) is 0.273. The lowest BCUT2D eigenvalue weighted by Crippen LogP contribution is -2.35. The molecule has 0 saturated heterocycles. The van der Waals surface area contributed by atoms with Gasteiger partial charge in [-0.25, -0.2) is 4.68 Å². The van der Waals surface area contributed by atoms with Crippen molar-refractivity contribution in [1.29, 1.82) is 0 Å². The number of fused-ring (bicyclic) bond motifs is 1. The molecule has 3 aromatic rings. The summed E-state index contributed by atoms with van der Waals surface area (Å²) >= 11 is 12.0. The SMILES string of the molecule is Cc1ccc(NC(=O)c2cc3n(n2)[C@H](C(F)(F)F)C[C@H](c2ccc(Cl)c(Cl)c2)N3)cc1C. The Kier molecular flexibility index (Phi) is 5.85. The van der Waals surface area contributed by atoms with Gasteiger partial charge in [0.25, 0.3) is 5.91 Å². The summed E-state index contributed by atoms with van der Waals surface area (Å²) in [7, 11) is 0. The van der Waals surface area contributed by atoms with Gasteiger partial charge in [-0.05, 0) is 54.8 Å². The lowest BCUT2D eigenvalue weighted by molar-refractivity contribution is -0.173. The van der Waals surface area contributed by atoms with Crippen LogP contribution in [-0.2, 0) is 0 Å². The van der Waals surface area contributed by atoms with Crippen molar-refractivity contribution in [3.05, 3.63) is 74.9 Å². The predicted octanol–water partition coefficient (Wildman–Crippen LogP) is 6.72. The van der Waals surface area contributed by atoms with E-state index in [0.29, 0.717) is 16.3 Å². The number of carbonyl (C=O) groups excluding carboxylic acids is 1. The van der Waals surface area contributed by atoms with Crippen LogP contribution >= 0.6 is 23.2 Å². The first-order chi connectivity index (χ1) is 15.0. The highest BCUT2D eigenvalue weighted by molar-refractivity contribution is 6.42. The zero-order valence-corrected chi connectivity index (χ0v) is 18.6. The van der Waals surface area contributed by atoms with Crippen molar-refractivity contribution in [2.75, 3.05) is 10.6 Å². The van der Waals surface area contributed by atoms with E-state index < -0.39 is 24.2 Å². The highest BCUT2D eigenvalue weighted by Gasteiger charge is 2.46. The molecule has 1 amide bonds. The van der Waals surface area contributed by atoms with Crippen LogP contribution in [0.2, 0.25) is 10.0 Å². The fourth-order valence-electron chi connectivity index (χ4n) is 3.65. The Morgan fingerprint density at radius 3 is 2.50 bits per heavy atom. The zero-order chi connectivity index (χ0) is 23.2. The van der Waals surface area contributed by atoms with Crippen molar-refractivity contribution >= 4 is 40.6 Å². The molecule has 0 fully saturated rings. The van der Waals surface area contributed by atoms with Crippen molar-refractivity contribution in [1.82, 2.24) is 9.78 Å². The summed E-state index contributed by atoms with van der Waals surface area (Å²) < 4.78 is 42.4. The number of amides is 1. The molecule has 10 heteroatoms. The lowest BCUT2D eigenvalue weighted by Gasteiger charge is -2.33. The minimum absolute atomic E-state index is 0.0971. The lowest BCUT2D eigenvalue weighted by atomic mass is 9.97. The van der Waals surface area contributed by atoms with E-state index in [0.717, 1.165) is 15.8 Å². The molecule has 0 aliphatic carbocycles. The molecule has 168 valence electrons. The molecule has 2 heterocycles. The summed E-state index contributed by atoms with van der Waals surface area (Å²) in [5.41, 5.74) is 3.02. The molecule has 0 bridgehead atoms. The van der Waals surface area contributed by atoms with Crippen molar-refractivity contribution in [3.63, 3.8) is 0 Å². The number of halogens is 5. The van der Waals surface area contributed by atoms with Gasteiger partial charge in [0, 0.05) is 18.2 Å². The number of rotatable bonds is 3. The van der Waals surface area contributed by atoms with Gasteiger partial charge in [0.15, 0.2) is 11.7 Å². The number of nitrogens with zero attached hydrogens (tertiary/aromatic N) is 2. The molecule has 0 spiro atoms. The first-order valence-electron chi connectivity index (χ1n) is 9.79. The number of benzene rings is 2. The Bertz CT molecular complexity index is 1190. The van der Waals surface area contributed by atoms with Crippen LogP contribution in [0.1, 0.15) is 45.7 Å². The first-order valence-corrected chi connectivity index (χ1v) is 10.5. The number of aromatic nitrogens is 2. The predicted molar refractivity (Wildman–Crippen MR) is 119 cm³/mol. The molecule has 0 radical (unpaired) electrons. The second kappa shape index (κ2) is 8.33. The molecule has 1 aliphatic rings. The third-order valence-corrected chi connectivity index (χ3v) is 6.27. The molecule has 1 aliphatic heterocycles. The first kappa shape index (κ1) is 22.5. The number of anilines is 2. The van der Waals surface area contributed by atoms with Crippen LogP contribution in [0, 0.1) is 13.8 Å². The van der Waals surface area contributed by atoms with Crippen molar-refractivity contribution in [2.24, 2.45) is 0 Å². The molecule has 0 unspecified atom stereocenters. The highest BCUT2D eigenvalue weighted by Crippen LogP contribution is 2.44. The van der Waals surface area contributed by atoms with Gasteiger partial charge in [-0.2, -0.15) is 18.3 Å². The topological polar surface area (TPSA) is 59.0 Å². The standard InChI is InChI=1S/C22H19Cl2F3N4O/c1-11-3-5-14(7-12(11)2)28-21(32)18-10-20-29-17(13-4-6-15(23)16(24)8-13)9-19(22(25,26)27)31(20)30-18/h3-8,10,17,19,29H,9H2,1-2H3,(H,28,32)/t17-,19+/m1/s1. The normalized spacial score (nSPS) is 18.1. The van der Waals surface area contributed by atoms with Gasteiger partial charge in [-0.15, -0.1) is 0 Å². The molecule has 5 nitrogen and oxygen atoms in total. The quantitative estimate of drug-likeness (QED) is 0.435. The van der Waals surface area contributed by atoms with Crippen molar-refractivity contribution in [2.45, 2.75) is 38.5 Å². The van der Waals surface area contributed by atoms with Crippen LogP contribution in [0.15, 0.2) is 42.5 Å². The minimum atomic E-state index is -4.56. The number of hydrogen-bond donors (Lipinski definition) is 2. The Labute approximate surface area is 192 Å². The van der Waals surface area contributed by atoms with Crippen LogP contribution < -0.4 is 10.6 Å². The highest BCUT2D eigenvalue weighted by atomic mass is 35.5. The van der Waals surface area contributed by atoms with Gasteiger partial charge >= 0.3 is 6.18 Å². The largest absolute Gasteiger partial charge is 0.410 e. The summed E-state index contributed by atoms with van der Waals surface area (Å²) in [6, 6.07) is 8.81. The van der Waals surface area contributed by atoms with Crippen molar-refractivity contribution in [3.8, 4) is 0 Å².